The van der Waals surface area contributed by atoms with E-state index in [1.165, 1.54) is 29.7 Å². The van der Waals surface area contributed by atoms with Crippen molar-refractivity contribution < 1.29 is 4.79 Å². The van der Waals surface area contributed by atoms with E-state index in [9.17, 15) is 4.79 Å². The average molecular weight is 258 g/mol. The topological polar surface area (TPSA) is 17.1 Å². The summed E-state index contributed by atoms with van der Waals surface area (Å²) in [6, 6.07) is 8.49. The maximum absolute atomic E-state index is 12.4. The van der Waals surface area contributed by atoms with Crippen LogP contribution in [-0.2, 0) is 4.79 Å². The summed E-state index contributed by atoms with van der Waals surface area (Å²) in [7, 11) is 0. The van der Waals surface area contributed by atoms with Gasteiger partial charge >= 0.3 is 0 Å². The first kappa shape index (κ1) is 11.1. The van der Waals surface area contributed by atoms with Crippen molar-refractivity contribution in [3.8, 4) is 0 Å². The Kier molecular flexibility index (Phi) is 2.24. The highest BCUT2D eigenvalue weighted by Gasteiger charge is 2.73. The Balaban J connectivity index is 1.38. The van der Waals surface area contributed by atoms with E-state index in [0.717, 1.165) is 17.8 Å². The van der Waals surface area contributed by atoms with Gasteiger partial charge in [-0.05, 0) is 56.1 Å². The zero-order valence-corrected chi connectivity index (χ0v) is 11.5. The lowest BCUT2D eigenvalue weighted by molar-refractivity contribution is -0.255. The lowest BCUT2D eigenvalue weighted by atomic mass is 9.28. The Morgan fingerprint density at radius 2 is 1.94 bits per heavy atom. The molecular formula is C16H18OS. The molecule has 2 unspecified atom stereocenters. The average Bonchev–Trinajstić information content (AvgIpc) is 2.36. The van der Waals surface area contributed by atoms with E-state index < -0.39 is 0 Å². The summed E-state index contributed by atoms with van der Waals surface area (Å²) in [4.78, 5) is 13.6. The highest BCUT2D eigenvalue weighted by Crippen LogP contribution is 2.77. The molecule has 3 aliphatic carbocycles. The smallest absolute Gasteiger partial charge is 0.149 e. The first-order chi connectivity index (χ1) is 8.69. The normalized spacial score (nSPS) is 39.1. The molecule has 4 rings (SSSR count). The van der Waals surface area contributed by atoms with Gasteiger partial charge in [-0.15, -0.1) is 11.8 Å². The number of carbonyl (C=O) groups is 1. The van der Waals surface area contributed by atoms with Crippen LogP contribution in [0.15, 0.2) is 29.2 Å². The van der Waals surface area contributed by atoms with Crippen molar-refractivity contribution in [1.29, 1.82) is 0 Å². The van der Waals surface area contributed by atoms with Gasteiger partial charge in [0.15, 0.2) is 0 Å². The molecule has 3 fully saturated rings. The van der Waals surface area contributed by atoms with Gasteiger partial charge in [0.05, 0.1) is 5.75 Å². The molecule has 0 amide bonds. The molecule has 0 heterocycles. The predicted molar refractivity (Wildman–Crippen MR) is 73.7 cm³/mol. The number of thioether (sulfide) groups is 1. The highest BCUT2D eigenvalue weighted by molar-refractivity contribution is 8.00. The molecule has 0 aliphatic heterocycles. The fourth-order valence-electron chi connectivity index (χ4n) is 4.51. The number of ketones is 1. The molecule has 0 saturated heterocycles. The van der Waals surface area contributed by atoms with Crippen LogP contribution >= 0.6 is 11.8 Å². The second-order valence-electron chi connectivity index (χ2n) is 6.37. The minimum Gasteiger partial charge on any atom is -0.298 e. The Morgan fingerprint density at radius 1 is 1.28 bits per heavy atom. The van der Waals surface area contributed by atoms with Crippen LogP contribution in [0.1, 0.15) is 24.8 Å². The summed E-state index contributed by atoms with van der Waals surface area (Å²) in [5.74, 6) is 3.88. The molecular weight excluding hydrogens is 240 g/mol. The molecule has 3 aliphatic rings. The molecule has 0 spiro atoms. The Bertz CT molecular complexity index is 492. The highest BCUT2D eigenvalue weighted by atomic mass is 32.2. The SMILES string of the molecule is Cc1ccc(SCC(=O)C23CC4CC(C2)C43)cc1. The zero-order valence-electron chi connectivity index (χ0n) is 10.7. The third-order valence-electron chi connectivity index (χ3n) is 5.46. The molecule has 1 nitrogen and oxygen atoms in total. The number of hydrogen-bond donors (Lipinski definition) is 0. The summed E-state index contributed by atoms with van der Waals surface area (Å²) in [5.41, 5.74) is 1.44. The minimum atomic E-state index is 0.158. The molecule has 0 aromatic heterocycles. The Hall–Kier alpha value is -0.760. The quantitative estimate of drug-likeness (QED) is 0.766. The Labute approximate surface area is 112 Å². The van der Waals surface area contributed by atoms with Gasteiger partial charge in [-0.2, -0.15) is 0 Å². The minimum absolute atomic E-state index is 0.158. The number of hydrogen-bond acceptors (Lipinski definition) is 2. The van der Waals surface area contributed by atoms with Crippen LogP contribution in [0.3, 0.4) is 0 Å². The maximum Gasteiger partial charge on any atom is 0.149 e. The van der Waals surface area contributed by atoms with Gasteiger partial charge in [0.1, 0.15) is 5.78 Å². The van der Waals surface area contributed by atoms with E-state index in [2.05, 4.69) is 31.2 Å². The van der Waals surface area contributed by atoms with Crippen LogP contribution in [0, 0.1) is 30.1 Å². The molecule has 0 N–H and O–H groups in total. The summed E-state index contributed by atoms with van der Waals surface area (Å²) < 4.78 is 0. The molecule has 2 atom stereocenters. The van der Waals surface area contributed by atoms with E-state index in [1.807, 2.05) is 0 Å². The van der Waals surface area contributed by atoms with E-state index in [-0.39, 0.29) is 5.41 Å². The standard InChI is InChI=1S/C16H18OS/c1-10-2-4-13(5-3-10)18-9-14(17)16-7-11-6-12(8-16)15(11)16/h2-5,11-12,15H,6-9H2,1H3. The van der Waals surface area contributed by atoms with Gasteiger partial charge in [-0.1, -0.05) is 17.7 Å². The van der Waals surface area contributed by atoms with E-state index >= 15 is 0 Å². The predicted octanol–water partition coefficient (Wildman–Crippen LogP) is 3.70. The van der Waals surface area contributed by atoms with Gasteiger partial charge < -0.3 is 0 Å². The Morgan fingerprint density at radius 3 is 2.50 bits per heavy atom. The lowest BCUT2D eigenvalue weighted by Crippen LogP contribution is -2.72. The van der Waals surface area contributed by atoms with E-state index in [1.54, 1.807) is 11.8 Å². The fraction of sp³-hybridized carbons (Fsp3) is 0.562. The van der Waals surface area contributed by atoms with Crippen molar-refractivity contribution in [3.05, 3.63) is 29.8 Å². The van der Waals surface area contributed by atoms with Gasteiger partial charge in [-0.3, -0.25) is 4.79 Å². The lowest BCUT2D eigenvalue weighted by Gasteiger charge is -2.75. The third-order valence-corrected chi connectivity index (χ3v) is 6.47. The van der Waals surface area contributed by atoms with Crippen molar-refractivity contribution in [2.24, 2.45) is 23.2 Å². The number of benzene rings is 1. The molecule has 2 heteroatoms. The van der Waals surface area contributed by atoms with E-state index in [4.69, 9.17) is 0 Å². The van der Waals surface area contributed by atoms with Crippen LogP contribution in [0.2, 0.25) is 0 Å². The van der Waals surface area contributed by atoms with Crippen molar-refractivity contribution in [2.45, 2.75) is 31.1 Å². The second-order valence-corrected chi connectivity index (χ2v) is 7.42. The van der Waals surface area contributed by atoms with Crippen molar-refractivity contribution in [2.75, 3.05) is 5.75 Å². The molecule has 1 aromatic rings. The van der Waals surface area contributed by atoms with Crippen LogP contribution in [0.25, 0.3) is 0 Å². The van der Waals surface area contributed by atoms with Crippen LogP contribution in [-0.4, -0.2) is 11.5 Å². The zero-order chi connectivity index (χ0) is 12.3. The largest absolute Gasteiger partial charge is 0.298 e. The molecule has 3 saturated carbocycles. The van der Waals surface area contributed by atoms with Gasteiger partial charge in [0.25, 0.3) is 0 Å². The van der Waals surface area contributed by atoms with Gasteiger partial charge in [-0.25, -0.2) is 0 Å². The summed E-state index contributed by atoms with van der Waals surface area (Å²) in [6.07, 6.45) is 3.84. The fourth-order valence-corrected chi connectivity index (χ4v) is 5.42. The summed E-state index contributed by atoms with van der Waals surface area (Å²) in [6.45, 7) is 2.10. The monoisotopic (exact) mass is 258 g/mol. The summed E-state index contributed by atoms with van der Waals surface area (Å²) >= 11 is 1.72. The van der Waals surface area contributed by atoms with Gasteiger partial charge in [0.2, 0.25) is 0 Å². The van der Waals surface area contributed by atoms with E-state index in [0.29, 0.717) is 11.5 Å². The molecule has 94 valence electrons. The molecule has 18 heavy (non-hydrogen) atoms. The first-order valence-corrected chi connectivity index (χ1v) is 7.90. The first-order valence-electron chi connectivity index (χ1n) is 6.92. The van der Waals surface area contributed by atoms with Crippen molar-refractivity contribution >= 4 is 17.5 Å². The molecule has 0 bridgehead atoms. The number of aryl methyl sites for hydroxylation is 1. The van der Waals surface area contributed by atoms with Crippen molar-refractivity contribution in [3.63, 3.8) is 0 Å². The van der Waals surface area contributed by atoms with Crippen molar-refractivity contribution in [1.82, 2.24) is 0 Å². The maximum atomic E-state index is 12.4. The third kappa shape index (κ3) is 1.33. The van der Waals surface area contributed by atoms with Crippen LogP contribution < -0.4 is 0 Å². The number of carbonyl (C=O) groups excluding carboxylic acids is 1. The second kappa shape index (κ2) is 3.63. The number of Topliss-reactive ketones (excluding diaryl/α,β-unsaturated/α-hetero) is 1. The molecule has 1 aromatic carbocycles. The molecule has 0 radical (unpaired) electrons. The van der Waals surface area contributed by atoms with Gasteiger partial charge in [0, 0.05) is 10.3 Å². The summed E-state index contributed by atoms with van der Waals surface area (Å²) in [5, 5.41) is 0. The number of rotatable bonds is 4. The van der Waals surface area contributed by atoms with Crippen LogP contribution in [0.5, 0.6) is 0 Å². The van der Waals surface area contributed by atoms with Crippen LogP contribution in [0.4, 0.5) is 0 Å².